The average molecular weight is 249 g/mol. The second-order valence-electron chi connectivity index (χ2n) is 4.18. The Morgan fingerprint density at radius 1 is 1.12 bits per heavy atom. The van der Waals surface area contributed by atoms with E-state index in [4.69, 9.17) is 0 Å². The maximum absolute atomic E-state index is 12.4. The van der Waals surface area contributed by atoms with Crippen molar-refractivity contribution in [1.82, 2.24) is 0 Å². The number of rotatable bonds is 7. The molecular formula is C13H22F3N. The minimum atomic E-state index is -4.34. The first-order valence-electron chi connectivity index (χ1n) is 6.19. The van der Waals surface area contributed by atoms with Gasteiger partial charge in [-0.2, -0.15) is 13.2 Å². The van der Waals surface area contributed by atoms with Crippen LogP contribution in [-0.4, -0.2) is 11.9 Å². The first-order valence-corrected chi connectivity index (χ1v) is 6.19. The van der Waals surface area contributed by atoms with Gasteiger partial charge in [-0.05, 0) is 26.7 Å². The van der Waals surface area contributed by atoms with Crippen molar-refractivity contribution in [3.8, 4) is 0 Å². The van der Waals surface area contributed by atoms with Crippen molar-refractivity contribution in [2.45, 2.75) is 65.5 Å². The van der Waals surface area contributed by atoms with E-state index >= 15 is 0 Å². The molecule has 0 heterocycles. The second-order valence-corrected chi connectivity index (χ2v) is 4.18. The van der Waals surface area contributed by atoms with Crippen molar-refractivity contribution in [2.24, 2.45) is 4.99 Å². The van der Waals surface area contributed by atoms with E-state index in [1.54, 1.807) is 6.92 Å². The summed E-state index contributed by atoms with van der Waals surface area (Å²) in [7, 11) is 0. The minimum absolute atomic E-state index is 0.562. The molecule has 0 radical (unpaired) electrons. The molecule has 0 bridgehead atoms. The summed E-state index contributed by atoms with van der Waals surface area (Å²) in [5.74, 6) is 0. The number of hydrogen-bond acceptors (Lipinski definition) is 1. The molecule has 0 spiro atoms. The SMILES string of the molecule is C/C=C(\N=C(C)CCCCCCC)C(F)(F)F. The molecule has 0 aliphatic heterocycles. The number of unbranched alkanes of at least 4 members (excludes halogenated alkanes) is 4. The summed E-state index contributed by atoms with van der Waals surface area (Å²) in [6.07, 6.45) is 2.83. The van der Waals surface area contributed by atoms with Crippen LogP contribution in [0.2, 0.25) is 0 Å². The normalized spacial score (nSPS) is 14.2. The van der Waals surface area contributed by atoms with E-state index in [1.165, 1.54) is 19.8 Å². The molecule has 0 unspecified atom stereocenters. The van der Waals surface area contributed by atoms with Gasteiger partial charge in [0.1, 0.15) is 5.70 Å². The monoisotopic (exact) mass is 249 g/mol. The summed E-state index contributed by atoms with van der Waals surface area (Å²) in [6.45, 7) is 5.16. The highest BCUT2D eigenvalue weighted by Gasteiger charge is 2.32. The molecule has 0 aromatic carbocycles. The van der Waals surface area contributed by atoms with Crippen LogP contribution in [0.3, 0.4) is 0 Å². The molecule has 0 rings (SSSR count). The predicted octanol–water partition coefficient (Wildman–Crippen LogP) is 5.27. The number of alkyl halides is 3. The third kappa shape index (κ3) is 8.00. The molecule has 0 aromatic heterocycles. The highest BCUT2D eigenvalue weighted by Crippen LogP contribution is 2.26. The molecule has 0 aliphatic rings. The maximum Gasteiger partial charge on any atom is 0.432 e. The number of allylic oxidation sites excluding steroid dienone is 2. The zero-order chi connectivity index (χ0) is 13.3. The Hall–Kier alpha value is -0.800. The summed E-state index contributed by atoms with van der Waals surface area (Å²) in [5.41, 5.74) is -0.226. The fourth-order valence-electron chi connectivity index (χ4n) is 1.54. The van der Waals surface area contributed by atoms with Crippen molar-refractivity contribution in [3.05, 3.63) is 11.8 Å². The van der Waals surface area contributed by atoms with E-state index in [1.807, 2.05) is 0 Å². The molecule has 0 fully saturated rings. The second kappa shape index (κ2) is 8.31. The van der Waals surface area contributed by atoms with Crippen LogP contribution >= 0.6 is 0 Å². The Morgan fingerprint density at radius 3 is 2.18 bits per heavy atom. The molecule has 100 valence electrons. The van der Waals surface area contributed by atoms with Crippen LogP contribution in [0.25, 0.3) is 0 Å². The van der Waals surface area contributed by atoms with Gasteiger partial charge in [-0.15, -0.1) is 0 Å². The van der Waals surface area contributed by atoms with Crippen LogP contribution in [0, 0.1) is 0 Å². The topological polar surface area (TPSA) is 12.4 Å². The number of hydrogen-bond donors (Lipinski definition) is 0. The van der Waals surface area contributed by atoms with Crippen LogP contribution in [0.5, 0.6) is 0 Å². The lowest BCUT2D eigenvalue weighted by Gasteiger charge is -2.08. The lowest BCUT2D eigenvalue weighted by molar-refractivity contribution is -0.0924. The smallest absolute Gasteiger partial charge is 0.253 e. The van der Waals surface area contributed by atoms with E-state index in [0.717, 1.165) is 25.3 Å². The Morgan fingerprint density at radius 2 is 1.71 bits per heavy atom. The summed E-state index contributed by atoms with van der Waals surface area (Å²) in [6, 6.07) is 0. The lowest BCUT2D eigenvalue weighted by atomic mass is 10.1. The zero-order valence-electron chi connectivity index (χ0n) is 10.9. The standard InChI is InChI=1S/C13H22F3N/c1-4-6-7-8-9-10-11(3)17-12(5-2)13(14,15)16/h5H,4,6-10H2,1-3H3/b12-5-,17-11?. The maximum atomic E-state index is 12.4. The van der Waals surface area contributed by atoms with Gasteiger partial charge in [-0.1, -0.05) is 38.7 Å². The van der Waals surface area contributed by atoms with Crippen LogP contribution in [0.1, 0.15) is 59.3 Å². The van der Waals surface area contributed by atoms with Gasteiger partial charge in [-0.25, -0.2) is 0 Å². The molecule has 17 heavy (non-hydrogen) atoms. The molecule has 0 aromatic rings. The number of aliphatic imine (C=N–C) groups is 1. The molecule has 0 aliphatic carbocycles. The van der Waals surface area contributed by atoms with Gasteiger partial charge < -0.3 is 0 Å². The molecule has 4 heteroatoms. The fourth-order valence-corrected chi connectivity index (χ4v) is 1.54. The first-order chi connectivity index (χ1) is 7.91. The molecule has 0 amide bonds. The summed E-state index contributed by atoms with van der Waals surface area (Å²) in [4.78, 5) is 3.64. The van der Waals surface area contributed by atoms with Gasteiger partial charge in [0.2, 0.25) is 0 Å². The van der Waals surface area contributed by atoms with Crippen LogP contribution < -0.4 is 0 Å². The van der Waals surface area contributed by atoms with Gasteiger partial charge >= 0.3 is 6.18 Å². The van der Waals surface area contributed by atoms with Crippen molar-refractivity contribution >= 4 is 5.71 Å². The van der Waals surface area contributed by atoms with E-state index in [9.17, 15) is 13.2 Å². The number of halogens is 3. The third-order valence-corrected chi connectivity index (χ3v) is 2.52. The van der Waals surface area contributed by atoms with E-state index < -0.39 is 11.9 Å². The Kier molecular flexibility index (Phi) is 7.92. The van der Waals surface area contributed by atoms with Crippen LogP contribution in [0.15, 0.2) is 16.8 Å². The van der Waals surface area contributed by atoms with Gasteiger partial charge in [0.25, 0.3) is 0 Å². The molecule has 0 atom stereocenters. The van der Waals surface area contributed by atoms with E-state index in [-0.39, 0.29) is 0 Å². The Bertz CT molecular complexity index is 264. The van der Waals surface area contributed by atoms with Crippen molar-refractivity contribution in [1.29, 1.82) is 0 Å². The van der Waals surface area contributed by atoms with Gasteiger partial charge in [0.15, 0.2) is 0 Å². The molecular weight excluding hydrogens is 227 g/mol. The lowest BCUT2D eigenvalue weighted by Crippen LogP contribution is -2.11. The molecule has 0 N–H and O–H groups in total. The van der Waals surface area contributed by atoms with Gasteiger partial charge in [-0.3, -0.25) is 4.99 Å². The van der Waals surface area contributed by atoms with Gasteiger partial charge in [0.05, 0.1) is 0 Å². The average Bonchev–Trinajstić information content (AvgIpc) is 2.24. The molecule has 0 saturated carbocycles. The van der Waals surface area contributed by atoms with Crippen molar-refractivity contribution < 1.29 is 13.2 Å². The molecule has 1 nitrogen and oxygen atoms in total. The van der Waals surface area contributed by atoms with E-state index in [2.05, 4.69) is 11.9 Å². The van der Waals surface area contributed by atoms with Crippen molar-refractivity contribution in [2.75, 3.05) is 0 Å². The zero-order valence-corrected chi connectivity index (χ0v) is 10.9. The van der Waals surface area contributed by atoms with Crippen molar-refractivity contribution in [3.63, 3.8) is 0 Å². The highest BCUT2D eigenvalue weighted by atomic mass is 19.4. The number of nitrogens with zero attached hydrogens (tertiary/aromatic N) is 1. The first kappa shape index (κ1) is 16.2. The Labute approximate surface area is 102 Å². The quantitative estimate of drug-likeness (QED) is 0.430. The largest absolute Gasteiger partial charge is 0.432 e. The Balaban J connectivity index is 4.08. The molecule has 0 saturated heterocycles. The fraction of sp³-hybridized carbons (Fsp3) is 0.769. The summed E-state index contributed by atoms with van der Waals surface area (Å²) in [5, 5.41) is 0. The predicted molar refractivity (Wildman–Crippen MR) is 66.3 cm³/mol. The third-order valence-electron chi connectivity index (χ3n) is 2.52. The van der Waals surface area contributed by atoms with Gasteiger partial charge in [0, 0.05) is 5.71 Å². The minimum Gasteiger partial charge on any atom is -0.253 e. The van der Waals surface area contributed by atoms with Crippen LogP contribution in [0.4, 0.5) is 13.2 Å². The highest BCUT2D eigenvalue weighted by molar-refractivity contribution is 5.82. The van der Waals surface area contributed by atoms with E-state index in [0.29, 0.717) is 12.1 Å². The van der Waals surface area contributed by atoms with Crippen LogP contribution in [-0.2, 0) is 0 Å². The summed E-state index contributed by atoms with van der Waals surface area (Å²) < 4.78 is 37.2. The summed E-state index contributed by atoms with van der Waals surface area (Å²) >= 11 is 0.